The number of H-pyrrole nitrogens is 1. The number of anilines is 3. The molecule has 1 saturated carbocycles. The summed E-state index contributed by atoms with van der Waals surface area (Å²) in [5.41, 5.74) is -0.0596. The van der Waals surface area contributed by atoms with E-state index in [-0.39, 0.29) is 28.8 Å². The van der Waals surface area contributed by atoms with Gasteiger partial charge in [0.15, 0.2) is 0 Å². The second kappa shape index (κ2) is 7.81. The maximum absolute atomic E-state index is 13.5. The van der Waals surface area contributed by atoms with Crippen molar-refractivity contribution in [1.82, 2.24) is 15.0 Å². The minimum absolute atomic E-state index is 0.0398. The van der Waals surface area contributed by atoms with Gasteiger partial charge < -0.3 is 20.4 Å². The SMILES string of the molecule is COc1c[c]ccc1Nc1nc(NC2CCCCC2)c2c(C(F)(F)F)c[nH]c2n1. The van der Waals surface area contributed by atoms with Crippen molar-refractivity contribution in [2.24, 2.45) is 0 Å². The van der Waals surface area contributed by atoms with Gasteiger partial charge in [0.05, 0.1) is 23.7 Å². The van der Waals surface area contributed by atoms with Gasteiger partial charge in [0.1, 0.15) is 17.2 Å². The van der Waals surface area contributed by atoms with Crippen LogP contribution in [0.3, 0.4) is 0 Å². The zero-order chi connectivity index (χ0) is 20.4. The molecule has 0 bridgehead atoms. The molecule has 3 aromatic rings. The fourth-order valence-corrected chi connectivity index (χ4v) is 3.66. The van der Waals surface area contributed by atoms with Gasteiger partial charge >= 0.3 is 6.18 Å². The predicted molar refractivity (Wildman–Crippen MR) is 104 cm³/mol. The lowest BCUT2D eigenvalue weighted by Crippen LogP contribution is -2.23. The fourth-order valence-electron chi connectivity index (χ4n) is 3.66. The Morgan fingerprint density at radius 3 is 2.72 bits per heavy atom. The first-order chi connectivity index (χ1) is 14.0. The Bertz CT molecular complexity index is 995. The van der Waals surface area contributed by atoms with Gasteiger partial charge in [-0.15, -0.1) is 0 Å². The second-order valence-corrected chi connectivity index (χ2v) is 7.05. The highest BCUT2D eigenvalue weighted by atomic mass is 19.4. The average Bonchev–Trinajstić information content (AvgIpc) is 3.14. The monoisotopic (exact) mass is 404 g/mol. The van der Waals surface area contributed by atoms with Crippen molar-refractivity contribution in [3.8, 4) is 5.75 Å². The zero-order valence-electron chi connectivity index (χ0n) is 15.9. The van der Waals surface area contributed by atoms with Crippen molar-refractivity contribution in [2.75, 3.05) is 17.7 Å². The molecule has 29 heavy (non-hydrogen) atoms. The van der Waals surface area contributed by atoms with Gasteiger partial charge in [0.25, 0.3) is 0 Å². The van der Waals surface area contributed by atoms with Crippen LogP contribution in [0.1, 0.15) is 37.7 Å². The lowest BCUT2D eigenvalue weighted by Gasteiger charge is -2.24. The molecule has 9 heteroatoms. The molecule has 1 radical (unpaired) electrons. The van der Waals surface area contributed by atoms with Crippen LogP contribution < -0.4 is 15.4 Å². The Hall–Kier alpha value is -2.97. The lowest BCUT2D eigenvalue weighted by atomic mass is 9.95. The number of benzene rings is 1. The van der Waals surface area contributed by atoms with E-state index in [2.05, 4.69) is 31.7 Å². The Morgan fingerprint density at radius 1 is 1.21 bits per heavy atom. The molecule has 0 spiro atoms. The van der Waals surface area contributed by atoms with Crippen LogP contribution in [0.5, 0.6) is 5.75 Å². The van der Waals surface area contributed by atoms with Gasteiger partial charge in [-0.1, -0.05) is 25.3 Å². The number of aromatic nitrogens is 3. The number of halogens is 3. The standard InChI is InChI=1S/C20H21F3N5O/c1-29-15-10-6-5-9-14(15)26-19-27-17-16(13(11-24-17)20(21,22)23)18(28-19)25-12-7-3-2-4-8-12/h5,9-12H,2-4,7-8H2,1H3,(H3,24,25,26,27,28). The van der Waals surface area contributed by atoms with Crippen molar-refractivity contribution in [2.45, 2.75) is 44.3 Å². The molecule has 0 saturated heterocycles. The summed E-state index contributed by atoms with van der Waals surface area (Å²) in [5, 5.41) is 6.22. The number of fused-ring (bicyclic) bond motifs is 1. The fraction of sp³-hybridized carbons (Fsp3) is 0.400. The first-order valence-electron chi connectivity index (χ1n) is 9.49. The first kappa shape index (κ1) is 19.4. The van der Waals surface area contributed by atoms with Crippen LogP contribution in [-0.4, -0.2) is 28.1 Å². The lowest BCUT2D eigenvalue weighted by molar-refractivity contribution is -0.136. The minimum atomic E-state index is -4.50. The van der Waals surface area contributed by atoms with E-state index in [1.807, 2.05) is 0 Å². The molecular formula is C20H21F3N5O. The smallest absolute Gasteiger partial charge is 0.418 e. The number of rotatable bonds is 5. The van der Waals surface area contributed by atoms with Crippen molar-refractivity contribution in [3.05, 3.63) is 36.0 Å². The summed E-state index contributed by atoms with van der Waals surface area (Å²) in [6.45, 7) is 0. The highest BCUT2D eigenvalue weighted by Crippen LogP contribution is 2.38. The molecular weight excluding hydrogens is 383 g/mol. The molecule has 2 heterocycles. The van der Waals surface area contributed by atoms with E-state index in [0.717, 1.165) is 38.3 Å². The van der Waals surface area contributed by atoms with Crippen molar-refractivity contribution in [1.29, 1.82) is 0 Å². The summed E-state index contributed by atoms with van der Waals surface area (Å²) in [6.07, 6.45) is 1.49. The molecule has 1 aliphatic carbocycles. The minimum Gasteiger partial charge on any atom is -0.495 e. The number of nitrogens with zero attached hydrogens (tertiary/aromatic N) is 2. The second-order valence-electron chi connectivity index (χ2n) is 7.05. The predicted octanol–water partition coefficient (Wildman–Crippen LogP) is 5.27. The quantitative estimate of drug-likeness (QED) is 0.540. The number of ether oxygens (including phenoxy) is 1. The molecule has 2 aromatic heterocycles. The average molecular weight is 404 g/mol. The number of hydrogen-bond acceptors (Lipinski definition) is 5. The van der Waals surface area contributed by atoms with Crippen LogP contribution in [0.25, 0.3) is 11.0 Å². The van der Waals surface area contributed by atoms with E-state index in [1.54, 1.807) is 18.2 Å². The molecule has 0 unspecified atom stereocenters. The van der Waals surface area contributed by atoms with Crippen LogP contribution in [0.15, 0.2) is 24.4 Å². The maximum Gasteiger partial charge on any atom is 0.418 e. The van der Waals surface area contributed by atoms with Gasteiger partial charge in [-0.2, -0.15) is 23.1 Å². The Balaban J connectivity index is 1.76. The Kier molecular flexibility index (Phi) is 5.21. The van der Waals surface area contributed by atoms with E-state index in [4.69, 9.17) is 4.74 Å². The van der Waals surface area contributed by atoms with Gasteiger partial charge in [-0.3, -0.25) is 0 Å². The van der Waals surface area contributed by atoms with Crippen LogP contribution >= 0.6 is 0 Å². The van der Waals surface area contributed by atoms with E-state index < -0.39 is 11.7 Å². The third kappa shape index (κ3) is 4.08. The summed E-state index contributed by atoms with van der Waals surface area (Å²) < 4.78 is 45.8. The van der Waals surface area contributed by atoms with Crippen LogP contribution in [0.4, 0.5) is 30.6 Å². The van der Waals surface area contributed by atoms with Crippen molar-refractivity contribution >= 4 is 28.5 Å². The maximum atomic E-state index is 13.5. The topological polar surface area (TPSA) is 74.9 Å². The summed E-state index contributed by atoms with van der Waals surface area (Å²) in [4.78, 5) is 11.3. The number of methoxy groups -OCH3 is 1. The molecule has 6 nitrogen and oxygen atoms in total. The molecule has 4 rings (SSSR count). The van der Waals surface area contributed by atoms with Gasteiger partial charge in [0.2, 0.25) is 5.95 Å². The zero-order valence-corrected chi connectivity index (χ0v) is 15.9. The van der Waals surface area contributed by atoms with E-state index >= 15 is 0 Å². The van der Waals surface area contributed by atoms with Gasteiger partial charge in [-0.05, 0) is 31.0 Å². The number of hydrogen-bond donors (Lipinski definition) is 3. The summed E-state index contributed by atoms with van der Waals surface area (Å²) in [5.74, 6) is 0.885. The summed E-state index contributed by atoms with van der Waals surface area (Å²) in [7, 11) is 1.52. The van der Waals surface area contributed by atoms with Gasteiger partial charge in [0, 0.05) is 12.2 Å². The third-order valence-corrected chi connectivity index (χ3v) is 5.08. The number of nitrogens with one attached hydrogen (secondary N) is 3. The van der Waals surface area contributed by atoms with E-state index in [1.165, 1.54) is 7.11 Å². The highest BCUT2D eigenvalue weighted by molar-refractivity contribution is 5.92. The van der Waals surface area contributed by atoms with Crippen molar-refractivity contribution < 1.29 is 17.9 Å². The summed E-state index contributed by atoms with van der Waals surface area (Å²) in [6, 6.07) is 8.07. The van der Waals surface area contributed by atoms with Crippen LogP contribution in [0, 0.1) is 6.07 Å². The molecule has 0 atom stereocenters. The summed E-state index contributed by atoms with van der Waals surface area (Å²) >= 11 is 0. The molecule has 1 aromatic carbocycles. The molecule has 3 N–H and O–H groups in total. The normalized spacial score (nSPS) is 15.4. The molecule has 1 fully saturated rings. The molecule has 1 aliphatic rings. The van der Waals surface area contributed by atoms with E-state index in [9.17, 15) is 13.2 Å². The highest BCUT2D eigenvalue weighted by Gasteiger charge is 2.36. The Labute approximate surface area is 165 Å². The first-order valence-corrected chi connectivity index (χ1v) is 9.49. The van der Waals surface area contributed by atoms with Crippen LogP contribution in [0.2, 0.25) is 0 Å². The Morgan fingerprint density at radius 2 is 2.00 bits per heavy atom. The van der Waals surface area contributed by atoms with E-state index in [0.29, 0.717) is 11.4 Å². The van der Waals surface area contributed by atoms with Crippen LogP contribution in [-0.2, 0) is 6.18 Å². The molecule has 153 valence electrons. The molecule has 0 amide bonds. The number of alkyl halides is 3. The number of aromatic amines is 1. The largest absolute Gasteiger partial charge is 0.495 e. The molecule has 0 aliphatic heterocycles. The van der Waals surface area contributed by atoms with Gasteiger partial charge in [-0.25, -0.2) is 0 Å². The van der Waals surface area contributed by atoms with Crippen molar-refractivity contribution in [3.63, 3.8) is 0 Å². The third-order valence-electron chi connectivity index (χ3n) is 5.08.